The average molecular weight is 256 g/mol. The van der Waals surface area contributed by atoms with Gasteiger partial charge in [0.05, 0.1) is 7.11 Å². The van der Waals surface area contributed by atoms with Gasteiger partial charge in [-0.25, -0.2) is 0 Å². The highest BCUT2D eigenvalue weighted by Crippen LogP contribution is 2.15. The quantitative estimate of drug-likeness (QED) is 0.757. The van der Waals surface area contributed by atoms with Crippen molar-refractivity contribution in [2.45, 2.75) is 26.4 Å². The fourth-order valence-electron chi connectivity index (χ4n) is 1.60. The summed E-state index contributed by atoms with van der Waals surface area (Å²) in [5.74, 6) is 0.760. The van der Waals surface area contributed by atoms with Gasteiger partial charge in [0, 0.05) is 12.6 Å². The number of hydrogen-bond acceptors (Lipinski definition) is 2. The highest BCUT2D eigenvalue weighted by Gasteiger charge is 2.16. The van der Waals surface area contributed by atoms with Crippen LogP contribution in [0.4, 0.5) is 0 Å². The first-order valence-corrected chi connectivity index (χ1v) is 6.10. The van der Waals surface area contributed by atoms with Crippen LogP contribution in [0.1, 0.15) is 19.4 Å². The summed E-state index contributed by atoms with van der Waals surface area (Å²) in [5.41, 5.74) is 1.04. The van der Waals surface area contributed by atoms with Crippen molar-refractivity contribution >= 4 is 17.5 Å². The number of alkyl halides is 1. The van der Waals surface area contributed by atoms with Crippen molar-refractivity contribution in [2.75, 3.05) is 13.0 Å². The van der Waals surface area contributed by atoms with Gasteiger partial charge >= 0.3 is 0 Å². The summed E-state index contributed by atoms with van der Waals surface area (Å²) < 4.78 is 5.15. The molecule has 0 saturated carbocycles. The predicted molar refractivity (Wildman–Crippen MR) is 69.4 cm³/mol. The molecule has 0 heterocycles. The molecule has 1 aromatic carbocycles. The van der Waals surface area contributed by atoms with Gasteiger partial charge < -0.3 is 9.64 Å². The Balaban J connectivity index is 2.82. The zero-order valence-corrected chi connectivity index (χ0v) is 11.2. The van der Waals surface area contributed by atoms with Crippen molar-refractivity contribution in [3.05, 3.63) is 29.8 Å². The number of methoxy groups -OCH3 is 1. The van der Waals surface area contributed by atoms with Crippen molar-refractivity contribution in [3.8, 4) is 5.75 Å². The second-order valence-electron chi connectivity index (χ2n) is 4.10. The lowest BCUT2D eigenvalue weighted by Gasteiger charge is -2.26. The van der Waals surface area contributed by atoms with E-state index in [1.807, 2.05) is 38.1 Å². The molecular weight excluding hydrogens is 238 g/mol. The van der Waals surface area contributed by atoms with E-state index in [4.69, 9.17) is 16.3 Å². The Morgan fingerprint density at radius 2 is 2.18 bits per heavy atom. The van der Waals surface area contributed by atoms with E-state index in [2.05, 4.69) is 0 Å². The first-order chi connectivity index (χ1) is 8.08. The molecule has 0 aliphatic heterocycles. The molecule has 0 bridgehead atoms. The van der Waals surface area contributed by atoms with Gasteiger partial charge in [-0.15, -0.1) is 11.6 Å². The SMILES string of the molecule is COc1cccc(CN(C(=O)CCl)C(C)C)c1. The highest BCUT2D eigenvalue weighted by atomic mass is 35.5. The van der Waals surface area contributed by atoms with E-state index < -0.39 is 0 Å². The van der Waals surface area contributed by atoms with Crippen LogP contribution >= 0.6 is 11.6 Å². The van der Waals surface area contributed by atoms with Gasteiger partial charge in [0.2, 0.25) is 5.91 Å². The summed E-state index contributed by atoms with van der Waals surface area (Å²) in [4.78, 5) is 13.4. The van der Waals surface area contributed by atoms with E-state index in [1.165, 1.54) is 0 Å². The van der Waals surface area contributed by atoms with Gasteiger partial charge in [-0.3, -0.25) is 4.79 Å². The first kappa shape index (κ1) is 13.8. The number of amides is 1. The number of ether oxygens (including phenoxy) is 1. The molecule has 0 unspecified atom stereocenters. The minimum absolute atomic E-state index is 0.0160. The van der Waals surface area contributed by atoms with Crippen molar-refractivity contribution in [3.63, 3.8) is 0 Å². The van der Waals surface area contributed by atoms with E-state index in [-0.39, 0.29) is 17.8 Å². The Morgan fingerprint density at radius 1 is 1.47 bits per heavy atom. The molecular formula is C13H18ClNO2. The number of rotatable bonds is 5. The monoisotopic (exact) mass is 255 g/mol. The van der Waals surface area contributed by atoms with Gasteiger partial charge in [0.25, 0.3) is 0 Å². The molecule has 0 aliphatic rings. The van der Waals surface area contributed by atoms with Crippen LogP contribution in [0.3, 0.4) is 0 Å². The van der Waals surface area contributed by atoms with Crippen LogP contribution < -0.4 is 4.74 Å². The molecule has 0 atom stereocenters. The van der Waals surface area contributed by atoms with E-state index in [1.54, 1.807) is 12.0 Å². The maximum absolute atomic E-state index is 11.7. The molecule has 1 aromatic rings. The normalized spacial score (nSPS) is 10.4. The smallest absolute Gasteiger partial charge is 0.238 e. The van der Waals surface area contributed by atoms with Crippen LogP contribution in [-0.4, -0.2) is 29.8 Å². The lowest BCUT2D eigenvalue weighted by Crippen LogP contribution is -2.37. The predicted octanol–water partition coefficient (Wildman–Crippen LogP) is 2.67. The molecule has 1 amide bonds. The van der Waals surface area contributed by atoms with E-state index in [0.717, 1.165) is 11.3 Å². The maximum Gasteiger partial charge on any atom is 0.238 e. The van der Waals surface area contributed by atoms with E-state index >= 15 is 0 Å². The Hall–Kier alpha value is -1.22. The van der Waals surface area contributed by atoms with Crippen LogP contribution in [0.25, 0.3) is 0 Å². The van der Waals surface area contributed by atoms with Gasteiger partial charge in [-0.2, -0.15) is 0 Å². The van der Waals surface area contributed by atoms with Crippen LogP contribution in [0.15, 0.2) is 24.3 Å². The molecule has 0 N–H and O–H groups in total. The maximum atomic E-state index is 11.7. The zero-order chi connectivity index (χ0) is 12.8. The number of hydrogen-bond donors (Lipinski definition) is 0. The molecule has 0 aliphatic carbocycles. The Bertz CT molecular complexity index is 379. The minimum Gasteiger partial charge on any atom is -0.497 e. The zero-order valence-electron chi connectivity index (χ0n) is 10.4. The third-order valence-corrected chi connectivity index (χ3v) is 2.77. The largest absolute Gasteiger partial charge is 0.497 e. The number of halogens is 1. The number of nitrogens with zero attached hydrogens (tertiary/aromatic N) is 1. The molecule has 0 fully saturated rings. The fraction of sp³-hybridized carbons (Fsp3) is 0.462. The Labute approximate surface area is 107 Å². The first-order valence-electron chi connectivity index (χ1n) is 5.56. The minimum atomic E-state index is -0.0514. The van der Waals surface area contributed by atoms with Crippen LogP contribution in [-0.2, 0) is 11.3 Å². The topological polar surface area (TPSA) is 29.5 Å². The van der Waals surface area contributed by atoms with E-state index in [9.17, 15) is 4.79 Å². The van der Waals surface area contributed by atoms with Gasteiger partial charge in [0.15, 0.2) is 0 Å². The molecule has 1 rings (SSSR count). The Morgan fingerprint density at radius 3 is 2.71 bits per heavy atom. The number of benzene rings is 1. The molecule has 4 heteroatoms. The fourth-order valence-corrected chi connectivity index (χ4v) is 1.76. The molecule has 0 radical (unpaired) electrons. The number of carbonyl (C=O) groups excluding carboxylic acids is 1. The van der Waals surface area contributed by atoms with Gasteiger partial charge in [0.1, 0.15) is 11.6 Å². The van der Waals surface area contributed by atoms with E-state index in [0.29, 0.717) is 6.54 Å². The molecule has 17 heavy (non-hydrogen) atoms. The molecule has 0 aromatic heterocycles. The highest BCUT2D eigenvalue weighted by molar-refractivity contribution is 6.27. The van der Waals surface area contributed by atoms with Crippen LogP contribution in [0, 0.1) is 0 Å². The van der Waals surface area contributed by atoms with Crippen LogP contribution in [0.5, 0.6) is 5.75 Å². The second kappa shape index (κ2) is 6.50. The Kier molecular flexibility index (Phi) is 5.29. The van der Waals surface area contributed by atoms with Crippen molar-refractivity contribution in [1.82, 2.24) is 4.90 Å². The molecule has 94 valence electrons. The van der Waals surface area contributed by atoms with Gasteiger partial charge in [-0.05, 0) is 31.5 Å². The van der Waals surface area contributed by atoms with Crippen molar-refractivity contribution < 1.29 is 9.53 Å². The summed E-state index contributed by atoms with van der Waals surface area (Å²) >= 11 is 5.60. The summed E-state index contributed by atoms with van der Waals surface area (Å²) in [7, 11) is 1.63. The standard InChI is InChI=1S/C13H18ClNO2/c1-10(2)15(13(16)8-14)9-11-5-4-6-12(7-11)17-3/h4-7,10H,8-9H2,1-3H3. The van der Waals surface area contributed by atoms with Crippen LogP contribution in [0.2, 0.25) is 0 Å². The lowest BCUT2D eigenvalue weighted by atomic mass is 10.2. The van der Waals surface area contributed by atoms with Gasteiger partial charge in [-0.1, -0.05) is 12.1 Å². The third kappa shape index (κ3) is 3.93. The van der Waals surface area contributed by atoms with Crippen molar-refractivity contribution in [1.29, 1.82) is 0 Å². The van der Waals surface area contributed by atoms with Crippen molar-refractivity contribution in [2.24, 2.45) is 0 Å². The molecule has 3 nitrogen and oxygen atoms in total. The third-order valence-electron chi connectivity index (χ3n) is 2.55. The molecule has 0 spiro atoms. The summed E-state index contributed by atoms with van der Waals surface area (Å²) in [5, 5.41) is 0. The second-order valence-corrected chi connectivity index (χ2v) is 4.37. The number of carbonyl (C=O) groups is 1. The summed E-state index contributed by atoms with van der Waals surface area (Å²) in [6.45, 7) is 4.51. The summed E-state index contributed by atoms with van der Waals surface area (Å²) in [6.07, 6.45) is 0. The lowest BCUT2D eigenvalue weighted by molar-refractivity contribution is -0.130. The average Bonchev–Trinajstić information content (AvgIpc) is 2.35. The molecule has 0 saturated heterocycles. The summed E-state index contributed by atoms with van der Waals surface area (Å²) in [6, 6.07) is 7.83.